The number of aromatic amines is 1. The minimum atomic E-state index is -0.193. The summed E-state index contributed by atoms with van der Waals surface area (Å²) in [5.41, 5.74) is 2.21. The second kappa shape index (κ2) is 9.39. The lowest BCUT2D eigenvalue weighted by Crippen LogP contribution is -2.43. The first-order valence-electron chi connectivity index (χ1n) is 10.2. The minimum absolute atomic E-state index is 0.0407. The Hall–Kier alpha value is -3.40. The fourth-order valence-corrected chi connectivity index (χ4v) is 3.84. The summed E-state index contributed by atoms with van der Waals surface area (Å²) in [4.78, 5) is 31.1. The van der Waals surface area contributed by atoms with Gasteiger partial charge in [-0.05, 0) is 25.8 Å². The number of methoxy groups -OCH3 is 1. The normalized spacial score (nSPS) is 14.4. The number of halogens is 1. The van der Waals surface area contributed by atoms with Crippen LogP contribution in [-0.2, 0) is 11.3 Å². The maximum atomic E-state index is 12.9. The molecule has 10 nitrogen and oxygen atoms in total. The fraction of sp³-hybridized carbons (Fsp3) is 0.381. The summed E-state index contributed by atoms with van der Waals surface area (Å²) in [7, 11) is 1.51. The van der Waals surface area contributed by atoms with Crippen molar-refractivity contribution in [1.29, 1.82) is 0 Å². The third kappa shape index (κ3) is 4.75. The molecule has 4 rings (SSSR count). The Balaban J connectivity index is 1.33. The summed E-state index contributed by atoms with van der Waals surface area (Å²) in [5, 5.41) is 14.2. The van der Waals surface area contributed by atoms with Crippen LogP contribution in [0.3, 0.4) is 0 Å². The molecule has 2 amide bonds. The van der Waals surface area contributed by atoms with Crippen molar-refractivity contribution < 1.29 is 18.8 Å². The van der Waals surface area contributed by atoms with Gasteiger partial charge in [0.2, 0.25) is 11.8 Å². The number of nitrogens with zero attached hydrogens (tertiary/aromatic N) is 4. The van der Waals surface area contributed by atoms with E-state index in [1.807, 2.05) is 0 Å². The molecule has 2 N–H and O–H groups in total. The molecule has 3 aromatic heterocycles. The van der Waals surface area contributed by atoms with Gasteiger partial charge in [0.05, 0.1) is 30.6 Å². The van der Waals surface area contributed by atoms with E-state index in [9.17, 15) is 9.59 Å². The number of carbonyl (C=O) groups is 2. The lowest BCUT2D eigenvalue weighted by molar-refractivity contribution is -0.126. The van der Waals surface area contributed by atoms with Crippen molar-refractivity contribution >= 4 is 23.4 Å². The van der Waals surface area contributed by atoms with E-state index >= 15 is 0 Å². The molecule has 32 heavy (non-hydrogen) atoms. The maximum absolute atomic E-state index is 12.9. The van der Waals surface area contributed by atoms with Crippen molar-refractivity contribution in [3.63, 3.8) is 0 Å². The molecule has 3 aromatic rings. The molecular formula is C21H23ClN6O4. The Bertz CT molecular complexity index is 1120. The number of piperidine rings is 1. The summed E-state index contributed by atoms with van der Waals surface area (Å²) in [6.07, 6.45) is 2.65. The van der Waals surface area contributed by atoms with Gasteiger partial charge in [0, 0.05) is 36.7 Å². The number of likely N-dealkylation sites (tertiary alicyclic amines) is 1. The number of aromatic nitrogens is 4. The van der Waals surface area contributed by atoms with Crippen LogP contribution in [0, 0.1) is 12.8 Å². The van der Waals surface area contributed by atoms with Crippen molar-refractivity contribution in [2.75, 3.05) is 20.2 Å². The molecule has 1 fully saturated rings. The summed E-state index contributed by atoms with van der Waals surface area (Å²) >= 11 is 6.23. The van der Waals surface area contributed by atoms with Gasteiger partial charge in [0.15, 0.2) is 5.69 Å². The monoisotopic (exact) mass is 458 g/mol. The number of hydrogen-bond acceptors (Lipinski definition) is 7. The van der Waals surface area contributed by atoms with E-state index in [1.54, 1.807) is 30.0 Å². The van der Waals surface area contributed by atoms with E-state index in [4.69, 9.17) is 20.9 Å². The number of nitrogens with one attached hydrogen (secondary N) is 2. The van der Waals surface area contributed by atoms with Crippen molar-refractivity contribution in [1.82, 2.24) is 30.6 Å². The van der Waals surface area contributed by atoms with E-state index < -0.39 is 0 Å². The third-order valence-corrected chi connectivity index (χ3v) is 5.70. The van der Waals surface area contributed by atoms with Gasteiger partial charge < -0.3 is 19.5 Å². The number of rotatable bonds is 6. The molecule has 0 atom stereocenters. The molecule has 0 unspecified atom stereocenters. The molecule has 0 aliphatic carbocycles. The van der Waals surface area contributed by atoms with E-state index in [-0.39, 0.29) is 23.4 Å². The highest BCUT2D eigenvalue weighted by Crippen LogP contribution is 2.29. The average molecular weight is 459 g/mol. The SMILES string of the molecule is COc1cc(-c2cc(C(=O)N3CCC(C(=O)NCc4cc(C)on4)CC3)n[nH]2)c(Cl)cn1. The van der Waals surface area contributed by atoms with Crippen LogP contribution in [0.2, 0.25) is 5.02 Å². The summed E-state index contributed by atoms with van der Waals surface area (Å²) in [5.74, 6) is 0.728. The number of pyridine rings is 1. The Kier molecular flexibility index (Phi) is 6.40. The topological polar surface area (TPSA) is 126 Å². The quantitative estimate of drug-likeness (QED) is 0.581. The van der Waals surface area contributed by atoms with Crippen molar-refractivity contribution in [2.24, 2.45) is 5.92 Å². The Labute approximate surface area is 189 Å². The first-order valence-corrected chi connectivity index (χ1v) is 10.6. The van der Waals surface area contributed by atoms with Crippen molar-refractivity contribution in [2.45, 2.75) is 26.3 Å². The lowest BCUT2D eigenvalue weighted by atomic mass is 9.95. The number of amides is 2. The second-order valence-electron chi connectivity index (χ2n) is 7.59. The first-order chi connectivity index (χ1) is 15.4. The van der Waals surface area contributed by atoms with Gasteiger partial charge in [-0.1, -0.05) is 16.8 Å². The number of hydrogen-bond donors (Lipinski definition) is 2. The van der Waals surface area contributed by atoms with Crippen LogP contribution in [0.4, 0.5) is 0 Å². The molecule has 168 valence electrons. The molecule has 1 aliphatic heterocycles. The smallest absolute Gasteiger partial charge is 0.274 e. The number of ether oxygens (including phenoxy) is 1. The summed E-state index contributed by atoms with van der Waals surface area (Å²) in [6.45, 7) is 3.08. The number of H-pyrrole nitrogens is 1. The van der Waals surface area contributed by atoms with Gasteiger partial charge in [-0.15, -0.1) is 0 Å². The predicted octanol–water partition coefficient (Wildman–Crippen LogP) is 2.60. The van der Waals surface area contributed by atoms with Gasteiger partial charge in [-0.2, -0.15) is 5.10 Å². The van der Waals surface area contributed by atoms with Crippen LogP contribution in [0.25, 0.3) is 11.3 Å². The molecule has 0 bridgehead atoms. The number of aryl methyl sites for hydroxylation is 1. The van der Waals surface area contributed by atoms with Gasteiger partial charge in [-0.25, -0.2) is 4.98 Å². The molecule has 0 saturated carbocycles. The third-order valence-electron chi connectivity index (χ3n) is 5.40. The molecule has 0 spiro atoms. The highest BCUT2D eigenvalue weighted by atomic mass is 35.5. The van der Waals surface area contributed by atoms with E-state index in [1.165, 1.54) is 13.3 Å². The zero-order valence-electron chi connectivity index (χ0n) is 17.7. The Morgan fingerprint density at radius 3 is 2.78 bits per heavy atom. The maximum Gasteiger partial charge on any atom is 0.274 e. The van der Waals surface area contributed by atoms with Crippen LogP contribution in [0.1, 0.15) is 34.8 Å². The predicted molar refractivity (Wildman–Crippen MR) is 115 cm³/mol. The molecular weight excluding hydrogens is 436 g/mol. The van der Waals surface area contributed by atoms with Gasteiger partial charge in [0.25, 0.3) is 5.91 Å². The number of carbonyl (C=O) groups excluding carboxylic acids is 2. The van der Waals surface area contributed by atoms with E-state index in [0.717, 1.165) is 0 Å². The van der Waals surface area contributed by atoms with E-state index in [0.29, 0.717) is 66.1 Å². The van der Waals surface area contributed by atoms with Crippen molar-refractivity contribution in [3.05, 3.63) is 46.6 Å². The zero-order valence-corrected chi connectivity index (χ0v) is 18.5. The molecule has 1 saturated heterocycles. The standard InChI is InChI=1S/C21H23ClN6O4/c1-12-7-14(27-32-12)10-24-20(29)13-3-5-28(6-4-13)21(30)18-9-17(25-26-18)15-8-19(31-2)23-11-16(15)22/h7-9,11,13H,3-6,10H2,1-2H3,(H,24,29)(H,25,26). The fourth-order valence-electron chi connectivity index (χ4n) is 3.64. The molecule has 11 heteroatoms. The highest BCUT2D eigenvalue weighted by molar-refractivity contribution is 6.33. The van der Waals surface area contributed by atoms with Crippen LogP contribution in [0.15, 0.2) is 28.9 Å². The van der Waals surface area contributed by atoms with Crippen LogP contribution in [0.5, 0.6) is 5.88 Å². The molecule has 0 aromatic carbocycles. The minimum Gasteiger partial charge on any atom is -0.481 e. The first kappa shape index (κ1) is 21.8. The Morgan fingerprint density at radius 2 is 2.09 bits per heavy atom. The zero-order chi connectivity index (χ0) is 22.7. The highest BCUT2D eigenvalue weighted by Gasteiger charge is 2.29. The largest absolute Gasteiger partial charge is 0.481 e. The molecule has 1 aliphatic rings. The Morgan fingerprint density at radius 1 is 1.31 bits per heavy atom. The van der Waals surface area contributed by atoms with E-state index in [2.05, 4.69) is 25.7 Å². The second-order valence-corrected chi connectivity index (χ2v) is 7.99. The summed E-state index contributed by atoms with van der Waals surface area (Å²) < 4.78 is 10.1. The summed E-state index contributed by atoms with van der Waals surface area (Å²) in [6, 6.07) is 5.12. The van der Waals surface area contributed by atoms with Gasteiger partial charge in [-0.3, -0.25) is 14.7 Å². The molecule has 0 radical (unpaired) electrons. The van der Waals surface area contributed by atoms with Gasteiger partial charge in [0.1, 0.15) is 11.5 Å². The molecule has 4 heterocycles. The van der Waals surface area contributed by atoms with Gasteiger partial charge >= 0.3 is 0 Å². The average Bonchev–Trinajstić information content (AvgIpc) is 3.46. The van der Waals surface area contributed by atoms with Crippen molar-refractivity contribution in [3.8, 4) is 17.1 Å². The van der Waals surface area contributed by atoms with Crippen LogP contribution in [-0.4, -0.2) is 57.3 Å². The lowest BCUT2D eigenvalue weighted by Gasteiger charge is -2.30. The van der Waals surface area contributed by atoms with Crippen LogP contribution < -0.4 is 10.1 Å². The van der Waals surface area contributed by atoms with Crippen LogP contribution >= 0.6 is 11.6 Å².